The minimum Gasteiger partial charge on any atom is -0.384 e. The van der Waals surface area contributed by atoms with Crippen LogP contribution in [0.1, 0.15) is 17.2 Å². The van der Waals surface area contributed by atoms with Gasteiger partial charge in [0.2, 0.25) is 0 Å². The van der Waals surface area contributed by atoms with E-state index in [-0.39, 0.29) is 5.56 Å². The van der Waals surface area contributed by atoms with Gasteiger partial charge in [0.15, 0.2) is 0 Å². The van der Waals surface area contributed by atoms with Crippen molar-refractivity contribution in [1.82, 2.24) is 0 Å². The van der Waals surface area contributed by atoms with Gasteiger partial charge in [-0.2, -0.15) is 0 Å². The van der Waals surface area contributed by atoms with E-state index in [9.17, 15) is 13.9 Å². The highest BCUT2D eigenvalue weighted by Crippen LogP contribution is 2.29. The largest absolute Gasteiger partial charge is 0.384 e. The van der Waals surface area contributed by atoms with Crippen LogP contribution in [0.3, 0.4) is 0 Å². The van der Waals surface area contributed by atoms with Gasteiger partial charge >= 0.3 is 0 Å². The first-order valence-corrected chi connectivity index (χ1v) is 6.23. The maximum absolute atomic E-state index is 13.5. The Hall–Kier alpha value is -0.970. The summed E-state index contributed by atoms with van der Waals surface area (Å²) in [5, 5.41) is 10.5. The highest BCUT2D eigenvalue weighted by Gasteiger charge is 2.16. The maximum Gasteiger partial charge on any atom is 0.129 e. The fourth-order valence-electron chi connectivity index (χ4n) is 1.64. The Morgan fingerprint density at radius 2 is 1.83 bits per heavy atom. The molecule has 2 aromatic carbocycles. The molecule has 0 amide bonds. The van der Waals surface area contributed by atoms with E-state index in [1.165, 1.54) is 6.07 Å². The summed E-state index contributed by atoms with van der Waals surface area (Å²) in [4.78, 5) is 0. The number of halogens is 4. The summed E-state index contributed by atoms with van der Waals surface area (Å²) >= 11 is 9.07. The Morgan fingerprint density at radius 3 is 2.50 bits per heavy atom. The van der Waals surface area contributed by atoms with Crippen molar-refractivity contribution in [3.05, 3.63) is 68.7 Å². The zero-order valence-corrected chi connectivity index (χ0v) is 11.3. The highest BCUT2D eigenvalue weighted by atomic mass is 79.9. The van der Waals surface area contributed by atoms with Crippen molar-refractivity contribution in [2.24, 2.45) is 0 Å². The van der Waals surface area contributed by atoms with Gasteiger partial charge in [0, 0.05) is 15.1 Å². The fourth-order valence-corrected chi connectivity index (χ4v) is 2.52. The third kappa shape index (κ3) is 2.88. The summed E-state index contributed by atoms with van der Waals surface area (Å²) in [6.07, 6.45) is -1.27. The van der Waals surface area contributed by atoms with Crippen LogP contribution in [0.25, 0.3) is 0 Å². The Balaban J connectivity index is 2.47. The molecular formula is C13H8BrClF2O. The van der Waals surface area contributed by atoms with E-state index in [1.54, 1.807) is 12.1 Å². The van der Waals surface area contributed by atoms with Crippen LogP contribution >= 0.6 is 27.5 Å². The lowest BCUT2D eigenvalue weighted by molar-refractivity contribution is 0.214. The first-order valence-electron chi connectivity index (χ1n) is 5.06. The van der Waals surface area contributed by atoms with Crippen LogP contribution < -0.4 is 0 Å². The van der Waals surface area contributed by atoms with Crippen LogP contribution in [0, 0.1) is 11.6 Å². The first-order chi connectivity index (χ1) is 8.47. The molecule has 18 heavy (non-hydrogen) atoms. The molecule has 0 bridgehead atoms. The molecule has 1 nitrogen and oxygen atoms in total. The van der Waals surface area contributed by atoms with Crippen molar-refractivity contribution in [3.8, 4) is 0 Å². The topological polar surface area (TPSA) is 20.2 Å². The van der Waals surface area contributed by atoms with Crippen molar-refractivity contribution < 1.29 is 13.9 Å². The van der Waals surface area contributed by atoms with E-state index in [4.69, 9.17) is 11.6 Å². The number of hydrogen-bond donors (Lipinski definition) is 1. The second kappa shape index (κ2) is 5.34. The van der Waals surface area contributed by atoms with Gasteiger partial charge in [-0.05, 0) is 42.0 Å². The van der Waals surface area contributed by atoms with E-state index >= 15 is 0 Å². The zero-order chi connectivity index (χ0) is 13.3. The van der Waals surface area contributed by atoms with Gasteiger partial charge in [-0.25, -0.2) is 8.78 Å². The minimum absolute atomic E-state index is 0.121. The molecule has 94 valence electrons. The third-order valence-corrected chi connectivity index (χ3v) is 3.13. The van der Waals surface area contributed by atoms with Crippen molar-refractivity contribution in [1.29, 1.82) is 0 Å². The maximum atomic E-state index is 13.5. The van der Waals surface area contributed by atoms with Crippen LogP contribution in [-0.4, -0.2) is 5.11 Å². The Kier molecular flexibility index (Phi) is 4.00. The van der Waals surface area contributed by atoms with Crippen LogP contribution in [0.5, 0.6) is 0 Å². The van der Waals surface area contributed by atoms with Gasteiger partial charge in [-0.1, -0.05) is 27.5 Å². The van der Waals surface area contributed by atoms with Crippen molar-refractivity contribution in [3.63, 3.8) is 0 Å². The van der Waals surface area contributed by atoms with Crippen molar-refractivity contribution >= 4 is 27.5 Å². The van der Waals surface area contributed by atoms with Gasteiger partial charge in [0.25, 0.3) is 0 Å². The summed E-state index contributed by atoms with van der Waals surface area (Å²) in [6, 6.07) is 7.68. The molecule has 0 aliphatic rings. The Morgan fingerprint density at radius 1 is 1.11 bits per heavy atom. The number of aliphatic hydroxyl groups is 1. The van der Waals surface area contributed by atoms with Crippen molar-refractivity contribution in [2.75, 3.05) is 0 Å². The smallest absolute Gasteiger partial charge is 0.129 e. The fraction of sp³-hybridized carbons (Fsp3) is 0.0769. The number of aliphatic hydroxyl groups excluding tert-OH is 1. The summed E-state index contributed by atoms with van der Waals surface area (Å²) in [5.41, 5.74) is 0.267. The molecule has 2 aromatic rings. The molecule has 1 N–H and O–H groups in total. The van der Waals surface area contributed by atoms with Gasteiger partial charge in [-0.15, -0.1) is 0 Å². The molecule has 0 aromatic heterocycles. The van der Waals surface area contributed by atoms with Gasteiger partial charge < -0.3 is 5.11 Å². The monoisotopic (exact) mass is 332 g/mol. The molecule has 0 fully saturated rings. The second-order valence-electron chi connectivity index (χ2n) is 3.77. The van der Waals surface area contributed by atoms with Crippen LogP contribution in [0.15, 0.2) is 40.9 Å². The van der Waals surface area contributed by atoms with Gasteiger partial charge in [0.05, 0.1) is 0 Å². The molecule has 0 radical (unpaired) electrons. The number of rotatable bonds is 2. The molecule has 0 spiro atoms. The Labute approximate surface area is 116 Å². The van der Waals surface area contributed by atoms with Crippen LogP contribution in [0.2, 0.25) is 5.02 Å². The molecule has 0 aliphatic heterocycles. The molecular weight excluding hydrogens is 325 g/mol. The van der Waals surface area contributed by atoms with E-state index in [0.29, 0.717) is 15.1 Å². The molecule has 2 rings (SSSR count). The molecule has 1 unspecified atom stereocenters. The lowest BCUT2D eigenvalue weighted by Crippen LogP contribution is -2.03. The quantitative estimate of drug-likeness (QED) is 0.860. The van der Waals surface area contributed by atoms with E-state index in [2.05, 4.69) is 15.9 Å². The SMILES string of the molecule is OC(c1cc(Cl)cc(Br)c1)c1cc(F)ccc1F. The highest BCUT2D eigenvalue weighted by molar-refractivity contribution is 9.10. The lowest BCUT2D eigenvalue weighted by Gasteiger charge is -2.13. The third-order valence-electron chi connectivity index (χ3n) is 2.45. The molecule has 5 heteroatoms. The van der Waals surface area contributed by atoms with Gasteiger partial charge in [0.1, 0.15) is 17.7 Å². The van der Waals surface area contributed by atoms with Crippen LogP contribution in [0.4, 0.5) is 8.78 Å². The van der Waals surface area contributed by atoms with E-state index in [0.717, 1.165) is 18.2 Å². The standard InChI is InChI=1S/C13H8BrClF2O/c14-8-3-7(4-9(15)5-8)13(18)11-6-10(16)1-2-12(11)17/h1-6,13,18H. The second-order valence-corrected chi connectivity index (χ2v) is 5.12. The van der Waals surface area contributed by atoms with E-state index in [1.807, 2.05) is 0 Å². The average molecular weight is 334 g/mol. The normalized spacial score (nSPS) is 12.5. The van der Waals surface area contributed by atoms with Crippen molar-refractivity contribution in [2.45, 2.75) is 6.10 Å². The summed E-state index contributed by atoms with van der Waals surface area (Å²) in [5.74, 6) is -1.27. The van der Waals surface area contributed by atoms with Gasteiger partial charge in [-0.3, -0.25) is 0 Å². The molecule has 0 heterocycles. The Bertz CT molecular complexity index is 569. The number of benzene rings is 2. The summed E-state index contributed by atoms with van der Waals surface area (Å²) in [6.45, 7) is 0. The van der Waals surface area contributed by atoms with E-state index < -0.39 is 17.7 Å². The predicted octanol–water partition coefficient (Wildman–Crippen LogP) is 4.46. The predicted molar refractivity (Wildman–Crippen MR) is 69.6 cm³/mol. The molecule has 0 saturated carbocycles. The molecule has 0 saturated heterocycles. The minimum atomic E-state index is -1.27. The summed E-state index contributed by atoms with van der Waals surface area (Å²) < 4.78 is 27.3. The first kappa shape index (κ1) is 13.5. The zero-order valence-electron chi connectivity index (χ0n) is 9.00. The lowest BCUT2D eigenvalue weighted by atomic mass is 10.0. The van der Waals surface area contributed by atoms with Crippen LogP contribution in [-0.2, 0) is 0 Å². The average Bonchev–Trinajstić information content (AvgIpc) is 2.30. The number of hydrogen-bond acceptors (Lipinski definition) is 1. The molecule has 0 aliphatic carbocycles. The molecule has 1 atom stereocenters. The summed E-state index contributed by atoms with van der Waals surface area (Å²) in [7, 11) is 0.